The average Bonchev–Trinajstić information content (AvgIpc) is 2.40. The van der Waals surface area contributed by atoms with Crippen molar-refractivity contribution in [1.82, 2.24) is 4.90 Å². The molecule has 1 fully saturated rings. The maximum Gasteiger partial charge on any atom is 0.223 e. The summed E-state index contributed by atoms with van der Waals surface area (Å²) in [4.78, 5) is 13.6. The number of benzene rings is 1. The highest BCUT2D eigenvalue weighted by Gasteiger charge is 2.22. The Morgan fingerprint density at radius 1 is 1.24 bits per heavy atom. The molecule has 2 rings (SSSR count). The Bertz CT molecular complexity index is 358. The number of amides is 1. The zero-order valence-electron chi connectivity index (χ0n) is 9.94. The van der Waals surface area contributed by atoms with Gasteiger partial charge in [0.05, 0.1) is 0 Å². The minimum atomic E-state index is 0.200. The molecule has 0 aromatic heterocycles. The lowest BCUT2D eigenvalue weighted by Gasteiger charge is -2.32. The quantitative estimate of drug-likeness (QED) is 0.757. The fourth-order valence-corrected chi connectivity index (χ4v) is 2.59. The zero-order valence-corrected chi connectivity index (χ0v) is 10.7. The molecule has 0 aliphatic carbocycles. The van der Waals surface area contributed by atoms with E-state index in [0.29, 0.717) is 18.2 Å². The first-order chi connectivity index (χ1) is 8.31. The predicted octanol–water partition coefficient (Wildman–Crippen LogP) is 3.02. The van der Waals surface area contributed by atoms with Gasteiger partial charge in [0.2, 0.25) is 5.91 Å². The van der Waals surface area contributed by atoms with E-state index in [1.54, 1.807) is 0 Å². The Kier molecular flexibility index (Phi) is 4.43. The zero-order chi connectivity index (χ0) is 12.1. The van der Waals surface area contributed by atoms with E-state index in [0.717, 1.165) is 25.9 Å². The van der Waals surface area contributed by atoms with Crippen LogP contribution in [0.15, 0.2) is 30.3 Å². The van der Waals surface area contributed by atoms with E-state index in [-0.39, 0.29) is 5.91 Å². The molecular weight excluding hydrogens is 234 g/mol. The molecule has 1 saturated heterocycles. The molecule has 0 N–H and O–H groups in total. The third kappa shape index (κ3) is 3.22. The lowest BCUT2D eigenvalue weighted by atomic mass is 9.89. The van der Waals surface area contributed by atoms with Gasteiger partial charge in [-0.1, -0.05) is 30.3 Å². The molecule has 1 amide bonds. The first kappa shape index (κ1) is 12.4. The topological polar surface area (TPSA) is 20.3 Å². The van der Waals surface area contributed by atoms with Gasteiger partial charge in [0.1, 0.15) is 0 Å². The van der Waals surface area contributed by atoms with E-state index in [2.05, 4.69) is 24.3 Å². The van der Waals surface area contributed by atoms with Crippen LogP contribution in [0.25, 0.3) is 0 Å². The Balaban J connectivity index is 1.88. The second-order valence-corrected chi connectivity index (χ2v) is 4.88. The number of hydrogen-bond donors (Lipinski definition) is 0. The monoisotopic (exact) mass is 251 g/mol. The maximum atomic E-state index is 11.7. The molecule has 1 aliphatic rings. The molecule has 0 radical (unpaired) electrons. The molecule has 0 spiro atoms. The van der Waals surface area contributed by atoms with E-state index < -0.39 is 0 Å². The highest BCUT2D eigenvalue weighted by atomic mass is 35.5. The SMILES string of the molecule is O=C(CCCl)N1CCC(c2ccccc2)CC1. The number of piperidine rings is 1. The molecule has 0 bridgehead atoms. The molecular formula is C14H18ClNO. The summed E-state index contributed by atoms with van der Waals surface area (Å²) in [5, 5.41) is 0. The van der Waals surface area contributed by atoms with Crippen molar-refractivity contribution >= 4 is 17.5 Å². The van der Waals surface area contributed by atoms with Crippen LogP contribution in [0.2, 0.25) is 0 Å². The molecule has 1 aromatic rings. The van der Waals surface area contributed by atoms with Crippen LogP contribution in [0, 0.1) is 0 Å². The summed E-state index contributed by atoms with van der Waals surface area (Å²) < 4.78 is 0. The largest absolute Gasteiger partial charge is 0.343 e. The highest BCUT2D eigenvalue weighted by Crippen LogP contribution is 2.27. The molecule has 0 atom stereocenters. The molecule has 0 saturated carbocycles. The number of halogens is 1. The van der Waals surface area contributed by atoms with E-state index in [4.69, 9.17) is 11.6 Å². The Morgan fingerprint density at radius 2 is 1.88 bits per heavy atom. The molecule has 92 valence electrons. The van der Waals surface area contributed by atoms with E-state index >= 15 is 0 Å². The fourth-order valence-electron chi connectivity index (χ4n) is 2.43. The van der Waals surface area contributed by atoms with Crippen LogP contribution in [0.5, 0.6) is 0 Å². The number of nitrogens with zero attached hydrogens (tertiary/aromatic N) is 1. The van der Waals surface area contributed by atoms with Gasteiger partial charge < -0.3 is 4.90 Å². The van der Waals surface area contributed by atoms with Crippen LogP contribution in [0.3, 0.4) is 0 Å². The van der Waals surface area contributed by atoms with Crippen molar-refractivity contribution in [2.75, 3.05) is 19.0 Å². The summed E-state index contributed by atoms with van der Waals surface area (Å²) in [6, 6.07) is 10.6. The van der Waals surface area contributed by atoms with Crippen LogP contribution in [0.4, 0.5) is 0 Å². The van der Waals surface area contributed by atoms with Gasteiger partial charge in [-0.05, 0) is 24.3 Å². The standard InChI is InChI=1S/C14H18ClNO/c15-9-6-14(17)16-10-7-13(8-11-16)12-4-2-1-3-5-12/h1-5,13H,6-11H2. The first-order valence-corrected chi connectivity index (χ1v) is 6.73. The van der Waals surface area contributed by atoms with Crippen molar-refractivity contribution in [2.45, 2.75) is 25.2 Å². The molecule has 0 unspecified atom stereocenters. The second-order valence-electron chi connectivity index (χ2n) is 4.50. The predicted molar refractivity (Wildman–Crippen MR) is 70.3 cm³/mol. The van der Waals surface area contributed by atoms with E-state index in [1.807, 2.05) is 11.0 Å². The lowest BCUT2D eigenvalue weighted by molar-refractivity contribution is -0.131. The molecule has 1 aliphatic heterocycles. The lowest BCUT2D eigenvalue weighted by Crippen LogP contribution is -2.37. The highest BCUT2D eigenvalue weighted by molar-refractivity contribution is 6.18. The van der Waals surface area contributed by atoms with E-state index in [9.17, 15) is 4.79 Å². The van der Waals surface area contributed by atoms with Crippen molar-refractivity contribution in [3.63, 3.8) is 0 Å². The Labute approximate surface area is 108 Å². The number of rotatable bonds is 3. The molecule has 17 heavy (non-hydrogen) atoms. The van der Waals surface area contributed by atoms with Crippen LogP contribution in [-0.2, 0) is 4.79 Å². The number of likely N-dealkylation sites (tertiary alicyclic amines) is 1. The van der Waals surface area contributed by atoms with Crippen LogP contribution < -0.4 is 0 Å². The van der Waals surface area contributed by atoms with Crippen molar-refractivity contribution < 1.29 is 4.79 Å². The summed E-state index contributed by atoms with van der Waals surface area (Å²) in [7, 11) is 0. The normalized spacial score (nSPS) is 17.1. The molecule has 1 heterocycles. The van der Waals surface area contributed by atoms with Crippen molar-refractivity contribution in [3.05, 3.63) is 35.9 Å². The number of carbonyl (C=O) groups excluding carboxylic acids is 1. The molecule has 1 aromatic carbocycles. The van der Waals surface area contributed by atoms with Crippen LogP contribution in [0.1, 0.15) is 30.7 Å². The number of alkyl halides is 1. The van der Waals surface area contributed by atoms with Crippen molar-refractivity contribution in [2.24, 2.45) is 0 Å². The third-order valence-electron chi connectivity index (χ3n) is 3.43. The fraction of sp³-hybridized carbons (Fsp3) is 0.500. The van der Waals surface area contributed by atoms with Gasteiger partial charge in [-0.15, -0.1) is 11.6 Å². The van der Waals surface area contributed by atoms with Gasteiger partial charge in [0.15, 0.2) is 0 Å². The summed E-state index contributed by atoms with van der Waals surface area (Å²) in [5.74, 6) is 1.24. The van der Waals surface area contributed by atoms with E-state index in [1.165, 1.54) is 5.56 Å². The minimum absolute atomic E-state index is 0.200. The Hall–Kier alpha value is -1.02. The van der Waals surface area contributed by atoms with Gasteiger partial charge in [0.25, 0.3) is 0 Å². The van der Waals surface area contributed by atoms with Crippen LogP contribution >= 0.6 is 11.6 Å². The first-order valence-electron chi connectivity index (χ1n) is 6.20. The second kappa shape index (κ2) is 6.06. The van der Waals surface area contributed by atoms with Crippen molar-refractivity contribution in [1.29, 1.82) is 0 Å². The summed E-state index contributed by atoms with van der Waals surface area (Å²) >= 11 is 5.59. The molecule has 3 heteroatoms. The average molecular weight is 252 g/mol. The number of carbonyl (C=O) groups is 1. The minimum Gasteiger partial charge on any atom is -0.343 e. The molecule has 2 nitrogen and oxygen atoms in total. The summed E-state index contributed by atoms with van der Waals surface area (Å²) in [6.45, 7) is 1.74. The summed E-state index contributed by atoms with van der Waals surface area (Å²) in [5.41, 5.74) is 1.40. The maximum absolute atomic E-state index is 11.7. The smallest absolute Gasteiger partial charge is 0.223 e. The summed E-state index contributed by atoms with van der Waals surface area (Å²) in [6.07, 6.45) is 2.60. The third-order valence-corrected chi connectivity index (χ3v) is 3.62. The van der Waals surface area contributed by atoms with Crippen LogP contribution in [-0.4, -0.2) is 29.8 Å². The van der Waals surface area contributed by atoms with Gasteiger partial charge in [-0.2, -0.15) is 0 Å². The van der Waals surface area contributed by atoms with Gasteiger partial charge in [0, 0.05) is 25.4 Å². The van der Waals surface area contributed by atoms with Crippen molar-refractivity contribution in [3.8, 4) is 0 Å². The van der Waals surface area contributed by atoms with Gasteiger partial charge in [-0.3, -0.25) is 4.79 Å². The number of hydrogen-bond acceptors (Lipinski definition) is 1. The Morgan fingerprint density at radius 3 is 2.47 bits per heavy atom. The van der Waals surface area contributed by atoms with Gasteiger partial charge >= 0.3 is 0 Å². The van der Waals surface area contributed by atoms with Gasteiger partial charge in [-0.25, -0.2) is 0 Å².